The Morgan fingerprint density at radius 1 is 1.00 bits per heavy atom. The van der Waals surface area contributed by atoms with Gasteiger partial charge in [-0.15, -0.1) is 0 Å². The van der Waals surface area contributed by atoms with Crippen LogP contribution >= 0.6 is 12.2 Å². The molecule has 1 amide bonds. The minimum Gasteiger partial charge on any atom is -0.356 e. The number of carbonyl (C=O) groups excluding carboxylic acids is 1. The summed E-state index contributed by atoms with van der Waals surface area (Å²) < 4.78 is 0. The number of anilines is 1. The number of benzene rings is 2. The summed E-state index contributed by atoms with van der Waals surface area (Å²) in [6.07, 6.45) is 0. The Morgan fingerprint density at radius 2 is 1.56 bits per heavy atom. The first-order valence-corrected chi connectivity index (χ1v) is 9.48. The van der Waals surface area contributed by atoms with Crippen molar-refractivity contribution in [1.82, 2.24) is 10.2 Å². The van der Waals surface area contributed by atoms with Crippen LogP contribution in [0.1, 0.15) is 55.2 Å². The van der Waals surface area contributed by atoms with Crippen LogP contribution < -0.4 is 10.6 Å². The second-order valence-corrected chi connectivity index (χ2v) is 8.38. The normalized spacial score (nSPS) is 12.2. The first kappa shape index (κ1) is 20.9. The number of rotatable bonds is 4. The van der Waals surface area contributed by atoms with E-state index >= 15 is 0 Å². The molecule has 0 aliphatic carbocycles. The Kier molecular flexibility index (Phi) is 6.60. The summed E-state index contributed by atoms with van der Waals surface area (Å²) in [4.78, 5) is 13.5. The zero-order valence-electron chi connectivity index (χ0n) is 17.0. The summed E-state index contributed by atoms with van der Waals surface area (Å²) in [6.45, 7) is 8.71. The van der Waals surface area contributed by atoms with Crippen molar-refractivity contribution in [2.45, 2.75) is 39.2 Å². The lowest BCUT2D eigenvalue weighted by molar-refractivity contribution is 0.0827. The molecular weight excluding hydrogens is 354 g/mol. The largest absolute Gasteiger partial charge is 0.356 e. The average molecular weight is 384 g/mol. The Labute approximate surface area is 168 Å². The maximum Gasteiger partial charge on any atom is 0.253 e. The molecule has 1 unspecified atom stereocenters. The molecule has 1 atom stereocenters. The van der Waals surface area contributed by atoms with E-state index < -0.39 is 0 Å². The van der Waals surface area contributed by atoms with Crippen molar-refractivity contribution in [3.8, 4) is 0 Å². The van der Waals surface area contributed by atoms with E-state index in [0.717, 1.165) is 5.69 Å². The topological polar surface area (TPSA) is 44.4 Å². The van der Waals surface area contributed by atoms with E-state index in [1.165, 1.54) is 11.1 Å². The molecule has 0 bridgehead atoms. The van der Waals surface area contributed by atoms with Crippen molar-refractivity contribution in [2.24, 2.45) is 0 Å². The summed E-state index contributed by atoms with van der Waals surface area (Å²) in [5, 5.41) is 7.02. The van der Waals surface area contributed by atoms with Crippen LogP contribution in [-0.4, -0.2) is 30.0 Å². The van der Waals surface area contributed by atoms with Crippen LogP contribution in [0.25, 0.3) is 0 Å². The van der Waals surface area contributed by atoms with Crippen molar-refractivity contribution in [3.05, 3.63) is 65.2 Å². The van der Waals surface area contributed by atoms with E-state index in [1.807, 2.05) is 12.1 Å². The molecule has 0 aromatic heterocycles. The Balaban J connectivity index is 1.96. The standard InChI is InChI=1S/C22H29N3OS/c1-15(16-7-11-18(12-8-16)22(2,3)4)23-21(27)24-19-13-9-17(10-14-19)20(26)25(5)6/h7-15H,1-6H3,(H2,23,24,27). The zero-order chi connectivity index (χ0) is 20.2. The van der Waals surface area contributed by atoms with Gasteiger partial charge in [-0.3, -0.25) is 4.79 Å². The van der Waals surface area contributed by atoms with Crippen molar-refractivity contribution >= 4 is 28.9 Å². The third-order valence-corrected chi connectivity index (χ3v) is 4.64. The van der Waals surface area contributed by atoms with Gasteiger partial charge in [0.25, 0.3) is 5.91 Å². The number of amides is 1. The molecule has 0 fully saturated rings. The van der Waals surface area contributed by atoms with Crippen LogP contribution in [0.5, 0.6) is 0 Å². The minimum absolute atomic E-state index is 0.0189. The quantitative estimate of drug-likeness (QED) is 0.749. The molecule has 27 heavy (non-hydrogen) atoms. The Hall–Kier alpha value is -2.40. The van der Waals surface area contributed by atoms with Gasteiger partial charge in [0.2, 0.25) is 0 Å². The third kappa shape index (κ3) is 5.79. The number of carbonyl (C=O) groups is 1. The molecule has 0 heterocycles. The molecule has 0 spiro atoms. The lowest BCUT2D eigenvalue weighted by atomic mass is 9.86. The monoisotopic (exact) mass is 383 g/mol. The zero-order valence-corrected chi connectivity index (χ0v) is 17.8. The highest BCUT2D eigenvalue weighted by Gasteiger charge is 2.14. The minimum atomic E-state index is -0.0189. The first-order valence-electron chi connectivity index (χ1n) is 9.07. The van der Waals surface area contributed by atoms with Crippen molar-refractivity contribution in [2.75, 3.05) is 19.4 Å². The molecule has 2 aromatic rings. The van der Waals surface area contributed by atoms with Gasteiger partial charge in [-0.05, 0) is 59.9 Å². The highest BCUT2D eigenvalue weighted by molar-refractivity contribution is 7.80. The lowest BCUT2D eigenvalue weighted by Crippen LogP contribution is -2.31. The van der Waals surface area contributed by atoms with Gasteiger partial charge in [0.05, 0.1) is 6.04 Å². The van der Waals surface area contributed by atoms with E-state index in [9.17, 15) is 4.79 Å². The average Bonchev–Trinajstić information content (AvgIpc) is 2.61. The van der Waals surface area contributed by atoms with Crippen LogP contribution in [0.15, 0.2) is 48.5 Å². The highest BCUT2D eigenvalue weighted by atomic mass is 32.1. The maximum atomic E-state index is 11.9. The van der Waals surface area contributed by atoms with Crippen LogP contribution in [0, 0.1) is 0 Å². The summed E-state index contributed by atoms with van der Waals surface area (Å²) in [5.41, 5.74) is 4.13. The molecule has 2 N–H and O–H groups in total. The molecule has 0 aliphatic heterocycles. The molecule has 2 rings (SSSR count). The summed E-state index contributed by atoms with van der Waals surface area (Å²) in [6, 6.07) is 16.0. The van der Waals surface area contributed by atoms with Crippen LogP contribution in [0.2, 0.25) is 0 Å². The van der Waals surface area contributed by atoms with E-state index in [1.54, 1.807) is 31.1 Å². The van der Waals surface area contributed by atoms with Crippen LogP contribution in [0.4, 0.5) is 5.69 Å². The van der Waals surface area contributed by atoms with Gasteiger partial charge >= 0.3 is 0 Å². The van der Waals surface area contributed by atoms with Gasteiger partial charge in [-0.25, -0.2) is 0 Å². The number of hydrogen-bond donors (Lipinski definition) is 2. The fourth-order valence-corrected chi connectivity index (χ4v) is 2.97. The van der Waals surface area contributed by atoms with Gasteiger partial charge in [-0.2, -0.15) is 0 Å². The van der Waals surface area contributed by atoms with Crippen molar-refractivity contribution in [1.29, 1.82) is 0 Å². The lowest BCUT2D eigenvalue weighted by Gasteiger charge is -2.21. The molecule has 0 saturated heterocycles. The number of hydrogen-bond acceptors (Lipinski definition) is 2. The smallest absolute Gasteiger partial charge is 0.253 e. The second-order valence-electron chi connectivity index (χ2n) is 7.97. The second kappa shape index (κ2) is 8.53. The fraction of sp³-hybridized carbons (Fsp3) is 0.364. The van der Waals surface area contributed by atoms with Gasteiger partial charge in [0.1, 0.15) is 0 Å². The SMILES string of the molecule is CC(NC(=S)Nc1ccc(C(=O)N(C)C)cc1)c1ccc(C(C)(C)C)cc1. The number of nitrogens with zero attached hydrogens (tertiary/aromatic N) is 1. The maximum absolute atomic E-state index is 11.9. The van der Waals surface area contributed by atoms with Crippen molar-refractivity contribution < 1.29 is 4.79 Å². The predicted molar refractivity (Wildman–Crippen MR) is 117 cm³/mol. The molecule has 144 valence electrons. The molecule has 0 aliphatic rings. The molecule has 2 aromatic carbocycles. The highest BCUT2D eigenvalue weighted by Crippen LogP contribution is 2.24. The third-order valence-electron chi connectivity index (χ3n) is 4.42. The van der Waals surface area contributed by atoms with E-state index in [-0.39, 0.29) is 17.4 Å². The molecule has 5 heteroatoms. The molecule has 0 radical (unpaired) electrons. The van der Waals surface area contributed by atoms with Gasteiger partial charge < -0.3 is 15.5 Å². The molecular formula is C22H29N3OS. The van der Waals surface area contributed by atoms with Gasteiger partial charge in [0, 0.05) is 25.3 Å². The first-order chi connectivity index (χ1) is 12.6. The van der Waals surface area contributed by atoms with Gasteiger partial charge in [0.15, 0.2) is 5.11 Å². The summed E-state index contributed by atoms with van der Waals surface area (Å²) >= 11 is 5.43. The molecule has 4 nitrogen and oxygen atoms in total. The van der Waals surface area contributed by atoms with Crippen molar-refractivity contribution in [3.63, 3.8) is 0 Å². The number of thiocarbonyl (C=S) groups is 1. The fourth-order valence-electron chi connectivity index (χ4n) is 2.67. The van der Waals surface area contributed by atoms with Gasteiger partial charge in [-0.1, -0.05) is 45.0 Å². The molecule has 0 saturated carbocycles. The summed E-state index contributed by atoms with van der Waals surface area (Å²) in [5.74, 6) is -0.0189. The number of nitrogens with one attached hydrogen (secondary N) is 2. The predicted octanol–water partition coefficient (Wildman–Crippen LogP) is 4.73. The Bertz CT molecular complexity index is 790. The van der Waals surface area contributed by atoms with E-state index in [4.69, 9.17) is 12.2 Å². The van der Waals surface area contributed by atoms with E-state index in [2.05, 4.69) is 62.6 Å². The van der Waals surface area contributed by atoms with Crippen LogP contribution in [0.3, 0.4) is 0 Å². The van der Waals surface area contributed by atoms with Crippen LogP contribution in [-0.2, 0) is 5.41 Å². The summed E-state index contributed by atoms with van der Waals surface area (Å²) in [7, 11) is 3.48. The van der Waals surface area contributed by atoms with E-state index in [0.29, 0.717) is 10.7 Å². The Morgan fingerprint density at radius 3 is 2.04 bits per heavy atom.